The van der Waals surface area contributed by atoms with Crippen LogP contribution in [-0.4, -0.2) is 73.4 Å². The first-order chi connectivity index (χ1) is 17.8. The van der Waals surface area contributed by atoms with E-state index in [-0.39, 0.29) is 6.42 Å². The van der Waals surface area contributed by atoms with Crippen LogP contribution in [0.15, 0.2) is 65.8 Å². The molecule has 0 bridgehead atoms. The average Bonchev–Trinajstić information content (AvgIpc) is 2.81. The third-order valence-corrected chi connectivity index (χ3v) is 5.71. The molecule has 2 aromatic carbocycles. The van der Waals surface area contributed by atoms with Gasteiger partial charge in [-0.2, -0.15) is 16.8 Å². The van der Waals surface area contributed by atoms with Crippen molar-refractivity contribution in [1.29, 1.82) is 0 Å². The quantitative estimate of drug-likeness (QED) is 0.135. The summed E-state index contributed by atoms with van der Waals surface area (Å²) in [7, 11) is -5.59. The van der Waals surface area contributed by atoms with E-state index in [4.69, 9.17) is 17.8 Å². The first kappa shape index (κ1) is 33.0. The van der Waals surface area contributed by atoms with Crippen LogP contribution in [0.3, 0.4) is 0 Å². The van der Waals surface area contributed by atoms with Crippen LogP contribution in [0.25, 0.3) is 0 Å². The Bertz CT molecular complexity index is 1170. The molecule has 0 amide bonds. The van der Waals surface area contributed by atoms with Crippen molar-refractivity contribution in [2.24, 2.45) is 5.16 Å². The number of nitrogens with zero attached hydrogens (tertiary/aromatic N) is 1. The molecule has 4 unspecified atom stereocenters. The zero-order chi connectivity index (χ0) is 28.6. The minimum absolute atomic E-state index is 0.172. The van der Waals surface area contributed by atoms with Gasteiger partial charge in [0.05, 0.1) is 30.9 Å². The summed E-state index contributed by atoms with van der Waals surface area (Å²) in [4.78, 5) is 15.5. The summed E-state index contributed by atoms with van der Waals surface area (Å²) in [6.07, 6.45) is 2.26. The fraction of sp³-hybridized carbons (Fsp3) is 0.440. The first-order valence-corrected chi connectivity index (χ1v) is 15.2. The van der Waals surface area contributed by atoms with Crippen molar-refractivity contribution < 1.29 is 44.3 Å². The van der Waals surface area contributed by atoms with E-state index in [1.165, 1.54) is 13.3 Å². The number of aldehydes is 1. The monoisotopic (exact) mass is 573 g/mol. The number of para-hydroxylation sites is 2. The second-order valence-corrected chi connectivity index (χ2v) is 11.4. The molecule has 0 saturated carbocycles. The fourth-order valence-corrected chi connectivity index (χ4v) is 4.43. The topological polar surface area (TPSA) is 144 Å². The third-order valence-electron chi connectivity index (χ3n) is 4.35. The molecule has 11 nitrogen and oxygen atoms in total. The van der Waals surface area contributed by atoms with Gasteiger partial charge in [-0.15, -0.1) is 0 Å². The van der Waals surface area contributed by atoms with Crippen LogP contribution < -0.4 is 9.47 Å². The molecule has 212 valence electrons. The first-order valence-electron chi connectivity index (χ1n) is 11.5. The SMILES string of the molecule is CC(CC(C=O)Oc1ccccc1)OS(C)(=O)=O.CO/N=C/C(CC(C)OS(C)(=O)=O)Oc1ccccc1. The van der Waals surface area contributed by atoms with Crippen molar-refractivity contribution in [3.8, 4) is 11.5 Å². The predicted octanol–water partition coefficient (Wildman–Crippen LogP) is 3.21. The summed E-state index contributed by atoms with van der Waals surface area (Å²) >= 11 is 0. The van der Waals surface area contributed by atoms with Gasteiger partial charge in [-0.1, -0.05) is 41.6 Å². The number of hydrogen-bond acceptors (Lipinski definition) is 11. The van der Waals surface area contributed by atoms with Gasteiger partial charge in [-0.25, -0.2) is 0 Å². The zero-order valence-electron chi connectivity index (χ0n) is 22.0. The van der Waals surface area contributed by atoms with Crippen molar-refractivity contribution in [1.82, 2.24) is 0 Å². The van der Waals surface area contributed by atoms with Crippen molar-refractivity contribution in [2.75, 3.05) is 19.6 Å². The highest BCUT2D eigenvalue weighted by molar-refractivity contribution is 7.86. The molecule has 2 rings (SSSR count). The zero-order valence-corrected chi connectivity index (χ0v) is 23.6. The lowest BCUT2D eigenvalue weighted by molar-refractivity contribution is -0.114. The molecule has 0 saturated heterocycles. The van der Waals surface area contributed by atoms with E-state index in [1.54, 1.807) is 50.2 Å². The molecular weight excluding hydrogens is 538 g/mol. The Hall–Kier alpha value is -3.00. The Morgan fingerprint density at radius 2 is 1.13 bits per heavy atom. The molecular formula is C25H35NO10S2. The van der Waals surface area contributed by atoms with Gasteiger partial charge in [0.15, 0.2) is 12.4 Å². The van der Waals surface area contributed by atoms with Gasteiger partial charge in [-0.05, 0) is 38.1 Å². The van der Waals surface area contributed by atoms with Gasteiger partial charge in [0, 0.05) is 12.8 Å². The molecule has 0 spiro atoms. The smallest absolute Gasteiger partial charge is 0.264 e. The number of carbonyl (C=O) groups is 1. The van der Waals surface area contributed by atoms with Crippen molar-refractivity contribution in [2.45, 2.75) is 51.1 Å². The van der Waals surface area contributed by atoms with Gasteiger partial charge in [0.1, 0.15) is 24.7 Å². The minimum Gasteiger partial charge on any atom is -0.485 e. The van der Waals surface area contributed by atoms with Gasteiger partial charge in [0.2, 0.25) is 0 Å². The normalized spacial score (nSPS) is 14.9. The summed E-state index contributed by atoms with van der Waals surface area (Å²) in [5, 5.41) is 3.66. The molecule has 13 heteroatoms. The maximum absolute atomic E-state index is 11.1. The number of hydrogen-bond donors (Lipinski definition) is 0. The highest BCUT2D eigenvalue weighted by Crippen LogP contribution is 2.15. The molecule has 38 heavy (non-hydrogen) atoms. The molecule has 0 N–H and O–H groups in total. The van der Waals surface area contributed by atoms with Gasteiger partial charge in [0.25, 0.3) is 20.2 Å². The molecule has 0 fully saturated rings. The van der Waals surface area contributed by atoms with Crippen LogP contribution in [0.1, 0.15) is 26.7 Å². The molecule has 0 aliphatic rings. The third kappa shape index (κ3) is 16.7. The van der Waals surface area contributed by atoms with E-state index in [0.717, 1.165) is 12.5 Å². The molecule has 0 radical (unpaired) electrons. The van der Waals surface area contributed by atoms with Crippen LogP contribution in [0, 0.1) is 0 Å². The minimum atomic E-state index is -3.52. The summed E-state index contributed by atoms with van der Waals surface area (Å²) in [6.45, 7) is 3.23. The van der Waals surface area contributed by atoms with E-state index in [1.807, 2.05) is 24.3 Å². The van der Waals surface area contributed by atoms with Crippen molar-refractivity contribution >= 4 is 32.7 Å². The number of rotatable bonds is 15. The second-order valence-electron chi connectivity index (χ2n) is 8.21. The van der Waals surface area contributed by atoms with Crippen LogP contribution in [0.4, 0.5) is 0 Å². The van der Waals surface area contributed by atoms with Crippen LogP contribution >= 0.6 is 0 Å². The van der Waals surface area contributed by atoms with E-state index in [0.29, 0.717) is 24.2 Å². The Morgan fingerprint density at radius 1 is 0.737 bits per heavy atom. The van der Waals surface area contributed by atoms with E-state index < -0.39 is 44.7 Å². The molecule has 2 aromatic rings. The molecule has 4 atom stereocenters. The highest BCUT2D eigenvalue weighted by atomic mass is 32.2. The number of oxime groups is 1. The lowest BCUT2D eigenvalue weighted by atomic mass is 10.2. The summed E-state index contributed by atoms with van der Waals surface area (Å²) in [5.41, 5.74) is 0. The van der Waals surface area contributed by atoms with E-state index in [9.17, 15) is 21.6 Å². The maximum Gasteiger partial charge on any atom is 0.264 e. The van der Waals surface area contributed by atoms with Crippen LogP contribution in [0.2, 0.25) is 0 Å². The van der Waals surface area contributed by atoms with Crippen molar-refractivity contribution in [3.63, 3.8) is 0 Å². The van der Waals surface area contributed by atoms with Crippen molar-refractivity contribution in [3.05, 3.63) is 60.7 Å². The number of benzene rings is 2. The van der Waals surface area contributed by atoms with Gasteiger partial charge < -0.3 is 14.3 Å². The molecule has 0 aromatic heterocycles. The number of ether oxygens (including phenoxy) is 2. The Labute approximate surface area is 224 Å². The predicted molar refractivity (Wildman–Crippen MR) is 143 cm³/mol. The average molecular weight is 574 g/mol. The Balaban J connectivity index is 0.000000382. The standard InChI is InChI=1S/C13H19NO5S.C12H16O5S/c1-11(19-20(3,15)16)9-13(10-14-17-2)18-12-7-5-4-6-8-12;1-10(17-18(2,14)15)8-12(9-13)16-11-6-4-3-5-7-11/h4-8,10-11,13H,9H2,1-3H3;3-7,9-10,12H,8H2,1-2H3/b14-10+;. The summed E-state index contributed by atoms with van der Waals surface area (Å²) in [6, 6.07) is 18.0. The van der Waals surface area contributed by atoms with Gasteiger partial charge in [-0.3, -0.25) is 13.2 Å². The fourth-order valence-electron chi connectivity index (χ4n) is 3.08. The lowest BCUT2D eigenvalue weighted by Gasteiger charge is -2.18. The molecule has 0 aliphatic heterocycles. The molecule has 0 heterocycles. The van der Waals surface area contributed by atoms with E-state index in [2.05, 4.69) is 9.99 Å². The summed E-state index contributed by atoms with van der Waals surface area (Å²) < 4.78 is 64.7. The van der Waals surface area contributed by atoms with Gasteiger partial charge >= 0.3 is 0 Å². The largest absolute Gasteiger partial charge is 0.485 e. The van der Waals surface area contributed by atoms with Crippen LogP contribution in [0.5, 0.6) is 11.5 Å². The second kappa shape index (κ2) is 16.8. The van der Waals surface area contributed by atoms with Crippen LogP contribution in [-0.2, 0) is 38.2 Å². The van der Waals surface area contributed by atoms with E-state index >= 15 is 0 Å². The highest BCUT2D eigenvalue weighted by Gasteiger charge is 2.19. The molecule has 0 aliphatic carbocycles. The lowest BCUT2D eigenvalue weighted by Crippen LogP contribution is -2.26. The Morgan fingerprint density at radius 3 is 1.50 bits per heavy atom. The number of carbonyl (C=O) groups excluding carboxylic acids is 1. The summed E-state index contributed by atoms with van der Waals surface area (Å²) in [5.74, 6) is 1.22. The maximum atomic E-state index is 11.1. The Kier molecular flexibility index (Phi) is 14.6.